The van der Waals surface area contributed by atoms with Crippen molar-refractivity contribution in [1.82, 2.24) is 10.2 Å². The van der Waals surface area contributed by atoms with E-state index in [1.165, 1.54) is 0 Å². The molecule has 1 saturated heterocycles. The second-order valence-electron chi connectivity index (χ2n) is 4.90. The Morgan fingerprint density at radius 2 is 1.59 bits per heavy atom. The van der Waals surface area contributed by atoms with E-state index < -0.39 is 6.04 Å². The lowest BCUT2D eigenvalue weighted by atomic mass is 9.85. The summed E-state index contributed by atoms with van der Waals surface area (Å²) in [6.07, 6.45) is 2.66. The van der Waals surface area contributed by atoms with Crippen molar-refractivity contribution >= 4 is 11.8 Å². The maximum absolute atomic E-state index is 12.3. The Hall–Kier alpha value is -1.06. The fourth-order valence-corrected chi connectivity index (χ4v) is 2.82. The summed E-state index contributed by atoms with van der Waals surface area (Å²) in [7, 11) is 0. The number of nitrogens with one attached hydrogen (secondary N) is 1. The minimum Gasteiger partial charge on any atom is -0.343 e. The number of hydrogen-bond donors (Lipinski definition) is 1. The van der Waals surface area contributed by atoms with Crippen LogP contribution in [0.15, 0.2) is 0 Å². The van der Waals surface area contributed by atoms with Gasteiger partial charge in [-0.05, 0) is 33.1 Å². The maximum Gasteiger partial charge on any atom is 0.245 e. The highest BCUT2D eigenvalue weighted by molar-refractivity contribution is 5.96. The molecule has 4 heteroatoms. The third kappa shape index (κ3) is 2.17. The highest BCUT2D eigenvalue weighted by Gasteiger charge is 2.45. The molecule has 0 radical (unpaired) electrons. The first-order valence-corrected chi connectivity index (χ1v) is 6.57. The average molecular weight is 240 g/mol. The van der Waals surface area contributed by atoms with E-state index in [1.54, 1.807) is 6.92 Å². The minimum absolute atomic E-state index is 0.0441. The van der Waals surface area contributed by atoms with E-state index in [0.717, 1.165) is 19.3 Å². The minimum atomic E-state index is -0.400. The normalized spacial score (nSPS) is 26.1. The Kier molecular flexibility index (Phi) is 4.17. The van der Waals surface area contributed by atoms with Crippen molar-refractivity contribution in [3.8, 4) is 0 Å². The van der Waals surface area contributed by atoms with E-state index in [0.29, 0.717) is 0 Å². The Bertz CT molecular complexity index is 302. The summed E-state index contributed by atoms with van der Waals surface area (Å²) in [5, 5.41) is 2.72. The van der Waals surface area contributed by atoms with Crippen LogP contribution in [0, 0.1) is 0 Å². The molecule has 0 aliphatic carbocycles. The standard InChI is InChI=1S/C13H24N2O2/c1-6-13(7-2,8-3)15-10(5)11(16)14-9(4)12(15)17/h9-10H,6-8H2,1-5H3,(H,14,16). The van der Waals surface area contributed by atoms with Crippen molar-refractivity contribution < 1.29 is 9.59 Å². The highest BCUT2D eigenvalue weighted by Crippen LogP contribution is 2.32. The first-order chi connectivity index (χ1) is 7.93. The summed E-state index contributed by atoms with van der Waals surface area (Å²) in [6.45, 7) is 9.83. The van der Waals surface area contributed by atoms with Crippen molar-refractivity contribution in [2.24, 2.45) is 0 Å². The molecule has 4 nitrogen and oxygen atoms in total. The molecule has 1 aliphatic heterocycles. The Morgan fingerprint density at radius 3 is 2.00 bits per heavy atom. The van der Waals surface area contributed by atoms with Gasteiger partial charge >= 0.3 is 0 Å². The second-order valence-corrected chi connectivity index (χ2v) is 4.90. The Morgan fingerprint density at radius 1 is 1.12 bits per heavy atom. The molecule has 0 aromatic heterocycles. The van der Waals surface area contributed by atoms with Crippen LogP contribution in [-0.4, -0.2) is 34.3 Å². The highest BCUT2D eigenvalue weighted by atomic mass is 16.2. The van der Waals surface area contributed by atoms with Crippen LogP contribution in [-0.2, 0) is 9.59 Å². The predicted octanol–water partition coefficient (Wildman–Crippen LogP) is 1.69. The van der Waals surface area contributed by atoms with Crippen LogP contribution < -0.4 is 5.32 Å². The summed E-state index contributed by atoms with van der Waals surface area (Å²) in [5.74, 6) is -0.000486. The van der Waals surface area contributed by atoms with Gasteiger partial charge in [-0.25, -0.2) is 0 Å². The monoisotopic (exact) mass is 240 g/mol. The quantitative estimate of drug-likeness (QED) is 0.813. The molecule has 1 rings (SSSR count). The molecule has 2 amide bonds. The van der Waals surface area contributed by atoms with E-state index in [1.807, 2.05) is 11.8 Å². The van der Waals surface area contributed by atoms with Gasteiger partial charge in [0, 0.05) is 5.54 Å². The van der Waals surface area contributed by atoms with Crippen LogP contribution in [0.2, 0.25) is 0 Å². The third-order valence-electron chi connectivity index (χ3n) is 4.22. The Balaban J connectivity index is 3.14. The van der Waals surface area contributed by atoms with Gasteiger partial charge < -0.3 is 10.2 Å². The molecule has 0 aromatic carbocycles. The van der Waals surface area contributed by atoms with Gasteiger partial charge in [0.2, 0.25) is 11.8 Å². The molecule has 1 fully saturated rings. The topological polar surface area (TPSA) is 49.4 Å². The molecule has 1 aliphatic rings. The molecule has 0 aromatic rings. The summed E-state index contributed by atoms with van der Waals surface area (Å²) < 4.78 is 0. The molecule has 0 saturated carbocycles. The van der Waals surface area contributed by atoms with Crippen molar-refractivity contribution in [3.05, 3.63) is 0 Å². The number of carbonyl (C=O) groups excluding carboxylic acids is 2. The predicted molar refractivity (Wildman–Crippen MR) is 67.5 cm³/mol. The lowest BCUT2D eigenvalue weighted by Gasteiger charge is -2.49. The molecule has 2 unspecified atom stereocenters. The fourth-order valence-electron chi connectivity index (χ4n) is 2.82. The van der Waals surface area contributed by atoms with Crippen LogP contribution in [0.3, 0.4) is 0 Å². The van der Waals surface area contributed by atoms with Crippen LogP contribution >= 0.6 is 0 Å². The zero-order valence-corrected chi connectivity index (χ0v) is 11.5. The van der Waals surface area contributed by atoms with Crippen molar-refractivity contribution in [3.63, 3.8) is 0 Å². The first-order valence-electron chi connectivity index (χ1n) is 6.57. The van der Waals surface area contributed by atoms with E-state index in [4.69, 9.17) is 0 Å². The maximum atomic E-state index is 12.3. The van der Waals surface area contributed by atoms with Gasteiger partial charge in [-0.15, -0.1) is 0 Å². The SMILES string of the molecule is CCC(CC)(CC)N1C(=O)C(C)NC(=O)C1C. The van der Waals surface area contributed by atoms with Crippen molar-refractivity contribution in [2.75, 3.05) is 0 Å². The lowest BCUT2D eigenvalue weighted by Crippen LogP contribution is -2.67. The zero-order valence-electron chi connectivity index (χ0n) is 11.5. The average Bonchev–Trinajstić information content (AvgIpc) is 2.33. The van der Waals surface area contributed by atoms with Gasteiger partial charge in [-0.2, -0.15) is 0 Å². The van der Waals surface area contributed by atoms with Crippen molar-refractivity contribution in [2.45, 2.75) is 71.5 Å². The van der Waals surface area contributed by atoms with Crippen molar-refractivity contribution in [1.29, 1.82) is 0 Å². The van der Waals surface area contributed by atoms with E-state index >= 15 is 0 Å². The van der Waals surface area contributed by atoms with Gasteiger partial charge in [0.25, 0.3) is 0 Å². The van der Waals surface area contributed by atoms with Crippen LogP contribution in [0.5, 0.6) is 0 Å². The molecular weight excluding hydrogens is 216 g/mol. The molecule has 17 heavy (non-hydrogen) atoms. The molecular formula is C13H24N2O2. The molecule has 0 spiro atoms. The Labute approximate surface area is 104 Å². The lowest BCUT2D eigenvalue weighted by molar-refractivity contribution is -0.156. The zero-order chi connectivity index (χ0) is 13.2. The van der Waals surface area contributed by atoms with E-state index in [2.05, 4.69) is 26.1 Å². The molecule has 1 N–H and O–H groups in total. The number of nitrogens with zero attached hydrogens (tertiary/aromatic N) is 1. The van der Waals surface area contributed by atoms with Gasteiger partial charge in [0.1, 0.15) is 12.1 Å². The first kappa shape index (κ1) is 14.0. The van der Waals surface area contributed by atoms with Gasteiger partial charge in [0.05, 0.1) is 0 Å². The number of amides is 2. The number of hydrogen-bond acceptors (Lipinski definition) is 2. The van der Waals surface area contributed by atoms with Gasteiger partial charge in [0.15, 0.2) is 0 Å². The van der Waals surface area contributed by atoms with Crippen LogP contribution in [0.4, 0.5) is 0 Å². The summed E-state index contributed by atoms with van der Waals surface area (Å²) in [5.41, 5.74) is -0.178. The summed E-state index contributed by atoms with van der Waals surface area (Å²) in [4.78, 5) is 26.0. The smallest absolute Gasteiger partial charge is 0.245 e. The van der Waals surface area contributed by atoms with Gasteiger partial charge in [-0.1, -0.05) is 20.8 Å². The fraction of sp³-hybridized carbons (Fsp3) is 0.846. The molecule has 1 heterocycles. The summed E-state index contributed by atoms with van der Waals surface area (Å²) in [6, 6.07) is -0.763. The number of carbonyl (C=O) groups is 2. The molecule has 2 atom stereocenters. The van der Waals surface area contributed by atoms with E-state index in [-0.39, 0.29) is 23.4 Å². The number of rotatable bonds is 4. The van der Waals surface area contributed by atoms with Gasteiger partial charge in [-0.3, -0.25) is 9.59 Å². The van der Waals surface area contributed by atoms with E-state index in [9.17, 15) is 9.59 Å². The summed E-state index contributed by atoms with van der Waals surface area (Å²) >= 11 is 0. The molecule has 98 valence electrons. The third-order valence-corrected chi connectivity index (χ3v) is 4.22. The van der Waals surface area contributed by atoms with Crippen LogP contribution in [0.1, 0.15) is 53.9 Å². The number of piperazine rings is 1. The largest absolute Gasteiger partial charge is 0.343 e. The van der Waals surface area contributed by atoms with Crippen LogP contribution in [0.25, 0.3) is 0 Å². The second kappa shape index (κ2) is 5.07. The molecule has 0 bridgehead atoms.